The molecule has 0 spiro atoms. The first kappa shape index (κ1) is 18.5. The highest BCUT2D eigenvalue weighted by atomic mass is 19.1. The Bertz CT molecular complexity index is 533. The van der Waals surface area contributed by atoms with Gasteiger partial charge in [-0.3, -0.25) is 9.89 Å². The highest BCUT2D eigenvalue weighted by molar-refractivity contribution is 5.79. The minimum Gasteiger partial charge on any atom is -0.491 e. The van der Waals surface area contributed by atoms with Gasteiger partial charge in [0.05, 0.1) is 19.8 Å². The van der Waals surface area contributed by atoms with E-state index < -0.39 is 0 Å². The largest absolute Gasteiger partial charge is 0.491 e. The monoisotopic (exact) mass is 338 g/mol. The molecule has 1 heterocycles. The third-order valence-corrected chi connectivity index (χ3v) is 3.80. The maximum Gasteiger partial charge on any atom is 0.191 e. The van der Waals surface area contributed by atoms with Crippen molar-refractivity contribution in [2.45, 2.75) is 13.5 Å². The number of nitrogens with zero attached hydrogens (tertiary/aromatic N) is 2. The number of benzene rings is 1. The molecule has 1 fully saturated rings. The van der Waals surface area contributed by atoms with Crippen LogP contribution in [0.15, 0.2) is 23.2 Å². The molecular formula is C17H27FN4O2. The van der Waals surface area contributed by atoms with Crippen LogP contribution in [0, 0.1) is 5.82 Å². The van der Waals surface area contributed by atoms with Crippen LogP contribution < -0.4 is 15.4 Å². The quantitative estimate of drug-likeness (QED) is 0.578. The summed E-state index contributed by atoms with van der Waals surface area (Å²) in [7, 11) is 1.73. The van der Waals surface area contributed by atoms with Gasteiger partial charge in [0.15, 0.2) is 17.5 Å². The highest BCUT2D eigenvalue weighted by Crippen LogP contribution is 2.18. The van der Waals surface area contributed by atoms with E-state index in [0.717, 1.165) is 45.0 Å². The summed E-state index contributed by atoms with van der Waals surface area (Å²) in [4.78, 5) is 6.54. The van der Waals surface area contributed by atoms with Gasteiger partial charge < -0.3 is 20.1 Å². The normalized spacial score (nSPS) is 16.0. The van der Waals surface area contributed by atoms with Gasteiger partial charge in [0.1, 0.15) is 0 Å². The molecule has 1 aliphatic heterocycles. The number of nitrogens with one attached hydrogen (secondary N) is 2. The lowest BCUT2D eigenvalue weighted by molar-refractivity contribution is 0.0389. The van der Waals surface area contributed by atoms with Crippen molar-refractivity contribution in [1.82, 2.24) is 15.5 Å². The summed E-state index contributed by atoms with van der Waals surface area (Å²) >= 11 is 0. The van der Waals surface area contributed by atoms with E-state index >= 15 is 0 Å². The fourth-order valence-corrected chi connectivity index (χ4v) is 2.49. The number of rotatable bonds is 7. The molecule has 6 nitrogen and oxygen atoms in total. The molecule has 1 aromatic rings. The summed E-state index contributed by atoms with van der Waals surface area (Å²) in [6, 6.07) is 4.99. The van der Waals surface area contributed by atoms with E-state index in [2.05, 4.69) is 20.5 Å². The molecule has 2 N–H and O–H groups in total. The Morgan fingerprint density at radius 1 is 1.33 bits per heavy atom. The first-order chi connectivity index (χ1) is 11.7. The van der Waals surface area contributed by atoms with Crippen molar-refractivity contribution in [2.24, 2.45) is 4.99 Å². The molecule has 0 saturated carbocycles. The molecule has 0 radical (unpaired) electrons. The van der Waals surface area contributed by atoms with Crippen molar-refractivity contribution in [3.8, 4) is 5.75 Å². The van der Waals surface area contributed by atoms with E-state index in [1.54, 1.807) is 13.1 Å². The maximum atomic E-state index is 13.8. The van der Waals surface area contributed by atoms with Crippen LogP contribution in [-0.4, -0.2) is 63.9 Å². The zero-order chi connectivity index (χ0) is 17.2. The molecule has 0 aromatic heterocycles. The van der Waals surface area contributed by atoms with Crippen LogP contribution in [0.4, 0.5) is 4.39 Å². The minimum atomic E-state index is -0.341. The molecule has 0 bridgehead atoms. The molecule has 134 valence electrons. The second kappa shape index (κ2) is 10.1. The summed E-state index contributed by atoms with van der Waals surface area (Å²) in [5.74, 6) is 0.651. The van der Waals surface area contributed by atoms with Crippen LogP contribution in [0.25, 0.3) is 0 Å². The molecule has 7 heteroatoms. The second-order valence-electron chi connectivity index (χ2n) is 5.50. The van der Waals surface area contributed by atoms with Gasteiger partial charge in [-0.25, -0.2) is 4.39 Å². The molecule has 1 aliphatic rings. The summed E-state index contributed by atoms with van der Waals surface area (Å²) in [6.45, 7) is 8.08. The molecule has 2 rings (SSSR count). The predicted octanol–water partition coefficient (Wildman–Crippen LogP) is 1.22. The van der Waals surface area contributed by atoms with Gasteiger partial charge in [-0.15, -0.1) is 0 Å². The van der Waals surface area contributed by atoms with E-state index in [1.807, 2.05) is 13.0 Å². The fourth-order valence-electron chi connectivity index (χ4n) is 2.49. The smallest absolute Gasteiger partial charge is 0.191 e. The zero-order valence-corrected chi connectivity index (χ0v) is 14.5. The lowest BCUT2D eigenvalue weighted by Gasteiger charge is -2.26. The molecule has 0 amide bonds. The minimum absolute atomic E-state index is 0.286. The Kier molecular flexibility index (Phi) is 7.77. The lowest BCUT2D eigenvalue weighted by Crippen LogP contribution is -2.44. The summed E-state index contributed by atoms with van der Waals surface area (Å²) in [5, 5.41) is 6.46. The number of ether oxygens (including phenoxy) is 2. The van der Waals surface area contributed by atoms with E-state index in [1.165, 1.54) is 6.07 Å². The number of hydrogen-bond donors (Lipinski definition) is 2. The van der Waals surface area contributed by atoms with Crippen LogP contribution in [-0.2, 0) is 11.3 Å². The van der Waals surface area contributed by atoms with Crippen molar-refractivity contribution in [1.29, 1.82) is 0 Å². The Balaban J connectivity index is 1.73. The Labute approximate surface area is 143 Å². The third kappa shape index (κ3) is 5.98. The zero-order valence-electron chi connectivity index (χ0n) is 14.5. The standard InChI is InChI=1S/C17H27FN4O2/c1-3-24-16-5-4-14(12-15(16)18)13-21-17(19-2)20-6-7-22-8-10-23-11-9-22/h4-5,12H,3,6-11,13H2,1-2H3,(H2,19,20,21). The average Bonchev–Trinajstić information content (AvgIpc) is 2.61. The fraction of sp³-hybridized carbons (Fsp3) is 0.588. The van der Waals surface area contributed by atoms with Crippen molar-refractivity contribution < 1.29 is 13.9 Å². The van der Waals surface area contributed by atoms with E-state index in [4.69, 9.17) is 9.47 Å². The topological polar surface area (TPSA) is 58.1 Å². The number of guanidine groups is 1. The first-order valence-corrected chi connectivity index (χ1v) is 8.38. The Hall–Kier alpha value is -1.86. The Morgan fingerprint density at radius 3 is 2.79 bits per heavy atom. The van der Waals surface area contributed by atoms with E-state index in [-0.39, 0.29) is 11.6 Å². The van der Waals surface area contributed by atoms with Crippen molar-refractivity contribution in [3.05, 3.63) is 29.6 Å². The Morgan fingerprint density at radius 2 is 2.12 bits per heavy atom. The highest BCUT2D eigenvalue weighted by Gasteiger charge is 2.10. The number of hydrogen-bond acceptors (Lipinski definition) is 4. The van der Waals surface area contributed by atoms with Crippen LogP contribution >= 0.6 is 0 Å². The SMILES string of the molecule is CCOc1ccc(CNC(=NC)NCCN2CCOCC2)cc1F. The van der Waals surface area contributed by atoms with Crippen molar-refractivity contribution in [2.75, 3.05) is 53.0 Å². The van der Waals surface area contributed by atoms with Gasteiger partial charge in [-0.1, -0.05) is 6.07 Å². The first-order valence-electron chi connectivity index (χ1n) is 8.38. The van der Waals surface area contributed by atoms with Gasteiger partial charge in [-0.05, 0) is 24.6 Å². The van der Waals surface area contributed by atoms with Crippen molar-refractivity contribution in [3.63, 3.8) is 0 Å². The van der Waals surface area contributed by atoms with Crippen LogP contribution in [0.3, 0.4) is 0 Å². The molecular weight excluding hydrogens is 311 g/mol. The maximum absolute atomic E-state index is 13.8. The number of aliphatic imine (C=N–C) groups is 1. The second-order valence-corrected chi connectivity index (χ2v) is 5.50. The lowest BCUT2D eigenvalue weighted by atomic mass is 10.2. The van der Waals surface area contributed by atoms with Gasteiger partial charge in [0.25, 0.3) is 0 Å². The van der Waals surface area contributed by atoms with Crippen molar-refractivity contribution >= 4 is 5.96 Å². The molecule has 24 heavy (non-hydrogen) atoms. The van der Waals surface area contributed by atoms with Gasteiger partial charge >= 0.3 is 0 Å². The molecule has 0 unspecified atom stereocenters. The van der Waals surface area contributed by atoms with Gasteiger partial charge in [0, 0.05) is 39.8 Å². The van der Waals surface area contributed by atoms with Crippen LogP contribution in [0.5, 0.6) is 5.75 Å². The number of morpholine rings is 1. The van der Waals surface area contributed by atoms with Crippen LogP contribution in [0.2, 0.25) is 0 Å². The van der Waals surface area contributed by atoms with E-state index in [9.17, 15) is 4.39 Å². The predicted molar refractivity (Wildman–Crippen MR) is 93.0 cm³/mol. The number of halogens is 1. The van der Waals surface area contributed by atoms with Gasteiger partial charge in [-0.2, -0.15) is 0 Å². The summed E-state index contributed by atoms with van der Waals surface area (Å²) in [5.41, 5.74) is 0.840. The molecule has 0 aliphatic carbocycles. The average molecular weight is 338 g/mol. The third-order valence-electron chi connectivity index (χ3n) is 3.80. The van der Waals surface area contributed by atoms with E-state index in [0.29, 0.717) is 19.1 Å². The summed E-state index contributed by atoms with van der Waals surface area (Å²) < 4.78 is 24.4. The summed E-state index contributed by atoms with van der Waals surface area (Å²) in [6.07, 6.45) is 0. The molecule has 1 aromatic carbocycles. The van der Waals surface area contributed by atoms with Crippen LogP contribution in [0.1, 0.15) is 12.5 Å². The molecule has 0 atom stereocenters. The molecule has 1 saturated heterocycles. The van der Waals surface area contributed by atoms with Gasteiger partial charge in [0.2, 0.25) is 0 Å².